The summed E-state index contributed by atoms with van der Waals surface area (Å²) in [7, 11) is 1.96. The van der Waals surface area contributed by atoms with Crippen molar-refractivity contribution in [2.75, 3.05) is 23.9 Å². The van der Waals surface area contributed by atoms with Gasteiger partial charge in [0.25, 0.3) is 0 Å². The van der Waals surface area contributed by atoms with Crippen LogP contribution in [0.5, 0.6) is 0 Å². The lowest BCUT2D eigenvalue weighted by atomic mass is 10.2. The third-order valence-corrected chi connectivity index (χ3v) is 2.78. The highest BCUT2D eigenvalue weighted by Crippen LogP contribution is 2.22. The van der Waals surface area contributed by atoms with Gasteiger partial charge in [0.05, 0.1) is 18.5 Å². The van der Waals surface area contributed by atoms with Crippen LogP contribution in [0.25, 0.3) is 0 Å². The standard InChI is InChI=1S/C15H17N3O2/c1-3-20-15(19)17-14-10-9-13(11-16-14)18(2)12-7-5-4-6-8-12/h4-11H,3H2,1-2H3,(H,16,17,19). The molecule has 1 heterocycles. The largest absolute Gasteiger partial charge is 0.450 e. The van der Waals surface area contributed by atoms with Gasteiger partial charge in [-0.3, -0.25) is 5.32 Å². The number of aromatic nitrogens is 1. The van der Waals surface area contributed by atoms with E-state index in [1.165, 1.54) is 0 Å². The highest BCUT2D eigenvalue weighted by Gasteiger charge is 2.06. The molecular formula is C15H17N3O2. The van der Waals surface area contributed by atoms with Crippen molar-refractivity contribution in [1.82, 2.24) is 4.98 Å². The number of nitrogens with zero attached hydrogens (tertiary/aromatic N) is 2. The second-order valence-electron chi connectivity index (χ2n) is 4.14. The Hall–Kier alpha value is -2.56. The summed E-state index contributed by atoms with van der Waals surface area (Å²) < 4.78 is 4.79. The van der Waals surface area contributed by atoms with E-state index in [9.17, 15) is 4.79 Å². The Morgan fingerprint density at radius 2 is 1.95 bits per heavy atom. The zero-order valence-electron chi connectivity index (χ0n) is 11.5. The Balaban J connectivity index is 2.06. The molecule has 0 bridgehead atoms. The second-order valence-corrected chi connectivity index (χ2v) is 4.14. The SMILES string of the molecule is CCOC(=O)Nc1ccc(N(C)c2ccccc2)cn1. The van der Waals surface area contributed by atoms with Crippen molar-refractivity contribution in [2.45, 2.75) is 6.92 Å². The van der Waals surface area contributed by atoms with Crippen molar-refractivity contribution in [3.05, 3.63) is 48.7 Å². The quantitative estimate of drug-likeness (QED) is 0.925. The van der Waals surface area contributed by atoms with Gasteiger partial charge in [-0.2, -0.15) is 0 Å². The van der Waals surface area contributed by atoms with E-state index < -0.39 is 6.09 Å². The van der Waals surface area contributed by atoms with Crippen molar-refractivity contribution in [3.63, 3.8) is 0 Å². The lowest BCUT2D eigenvalue weighted by Crippen LogP contribution is -2.15. The summed E-state index contributed by atoms with van der Waals surface area (Å²) in [6, 6.07) is 13.6. The first-order valence-electron chi connectivity index (χ1n) is 6.39. The summed E-state index contributed by atoms with van der Waals surface area (Å²) >= 11 is 0. The highest BCUT2D eigenvalue weighted by molar-refractivity contribution is 5.83. The number of anilines is 3. The van der Waals surface area contributed by atoms with Gasteiger partial charge < -0.3 is 9.64 Å². The Kier molecular flexibility index (Phi) is 4.55. The highest BCUT2D eigenvalue weighted by atomic mass is 16.5. The molecule has 0 radical (unpaired) electrons. The third-order valence-electron chi connectivity index (χ3n) is 2.78. The molecule has 0 aliphatic rings. The third kappa shape index (κ3) is 3.47. The molecule has 2 aromatic rings. The fourth-order valence-electron chi connectivity index (χ4n) is 1.73. The number of benzene rings is 1. The van der Waals surface area contributed by atoms with Gasteiger partial charge in [-0.25, -0.2) is 9.78 Å². The Morgan fingerprint density at radius 3 is 2.55 bits per heavy atom. The first kappa shape index (κ1) is 13.9. The molecule has 104 valence electrons. The van der Waals surface area contributed by atoms with Gasteiger partial charge in [0, 0.05) is 12.7 Å². The van der Waals surface area contributed by atoms with Crippen LogP contribution in [0.2, 0.25) is 0 Å². The van der Waals surface area contributed by atoms with Crippen LogP contribution in [-0.4, -0.2) is 24.7 Å². The van der Waals surface area contributed by atoms with Gasteiger partial charge in [-0.05, 0) is 31.2 Å². The molecular weight excluding hydrogens is 254 g/mol. The van der Waals surface area contributed by atoms with Crippen molar-refractivity contribution < 1.29 is 9.53 Å². The van der Waals surface area contributed by atoms with Crippen molar-refractivity contribution in [3.8, 4) is 0 Å². The smallest absolute Gasteiger partial charge is 0.412 e. The fraction of sp³-hybridized carbons (Fsp3) is 0.200. The van der Waals surface area contributed by atoms with Gasteiger partial charge in [0.15, 0.2) is 0 Å². The molecule has 0 aliphatic carbocycles. The molecule has 5 nitrogen and oxygen atoms in total. The van der Waals surface area contributed by atoms with E-state index in [1.54, 1.807) is 19.2 Å². The zero-order chi connectivity index (χ0) is 14.4. The summed E-state index contributed by atoms with van der Waals surface area (Å²) in [4.78, 5) is 17.5. The molecule has 20 heavy (non-hydrogen) atoms. The molecule has 0 saturated carbocycles. The number of rotatable bonds is 4. The fourth-order valence-corrected chi connectivity index (χ4v) is 1.73. The number of ether oxygens (including phenoxy) is 1. The molecule has 0 saturated heterocycles. The maximum Gasteiger partial charge on any atom is 0.412 e. The topological polar surface area (TPSA) is 54.5 Å². The van der Waals surface area contributed by atoms with E-state index in [1.807, 2.05) is 48.3 Å². The Labute approximate surface area is 118 Å². The Morgan fingerprint density at radius 1 is 1.20 bits per heavy atom. The number of carbonyl (C=O) groups excluding carboxylic acids is 1. The molecule has 1 N–H and O–H groups in total. The number of amides is 1. The van der Waals surface area contributed by atoms with Crippen molar-refractivity contribution in [1.29, 1.82) is 0 Å². The summed E-state index contributed by atoms with van der Waals surface area (Å²) in [5, 5.41) is 2.56. The zero-order valence-corrected chi connectivity index (χ0v) is 11.5. The maximum absolute atomic E-state index is 11.3. The minimum Gasteiger partial charge on any atom is -0.450 e. The molecule has 0 unspecified atom stereocenters. The first-order valence-corrected chi connectivity index (χ1v) is 6.39. The van der Waals surface area contributed by atoms with Crippen molar-refractivity contribution >= 4 is 23.3 Å². The predicted molar refractivity (Wildman–Crippen MR) is 79.4 cm³/mol. The maximum atomic E-state index is 11.3. The molecule has 1 aromatic carbocycles. The van der Waals surface area contributed by atoms with Gasteiger partial charge in [0.2, 0.25) is 0 Å². The molecule has 1 aromatic heterocycles. The van der Waals surface area contributed by atoms with E-state index in [0.29, 0.717) is 12.4 Å². The van der Waals surface area contributed by atoms with E-state index >= 15 is 0 Å². The number of carbonyl (C=O) groups is 1. The van der Waals surface area contributed by atoms with E-state index in [4.69, 9.17) is 4.74 Å². The molecule has 0 spiro atoms. The van der Waals surface area contributed by atoms with Crippen LogP contribution in [0.4, 0.5) is 22.0 Å². The lowest BCUT2D eigenvalue weighted by molar-refractivity contribution is 0.168. The summed E-state index contributed by atoms with van der Waals surface area (Å²) in [5.41, 5.74) is 2.01. The molecule has 0 fully saturated rings. The molecule has 0 aliphatic heterocycles. The number of hydrogen-bond acceptors (Lipinski definition) is 4. The van der Waals surface area contributed by atoms with Crippen LogP contribution in [0.15, 0.2) is 48.7 Å². The average Bonchev–Trinajstić information content (AvgIpc) is 2.48. The van der Waals surface area contributed by atoms with E-state index in [2.05, 4.69) is 10.3 Å². The average molecular weight is 271 g/mol. The summed E-state index contributed by atoms with van der Waals surface area (Å²) in [6.45, 7) is 2.09. The van der Waals surface area contributed by atoms with Crippen LogP contribution < -0.4 is 10.2 Å². The monoisotopic (exact) mass is 271 g/mol. The number of hydrogen-bond donors (Lipinski definition) is 1. The first-order chi connectivity index (χ1) is 9.70. The van der Waals surface area contributed by atoms with Crippen LogP contribution in [0, 0.1) is 0 Å². The van der Waals surface area contributed by atoms with E-state index in [-0.39, 0.29) is 0 Å². The summed E-state index contributed by atoms with van der Waals surface area (Å²) in [5.74, 6) is 0.466. The van der Waals surface area contributed by atoms with Gasteiger partial charge in [-0.15, -0.1) is 0 Å². The van der Waals surface area contributed by atoms with Crippen molar-refractivity contribution in [2.24, 2.45) is 0 Å². The van der Waals surface area contributed by atoms with E-state index in [0.717, 1.165) is 11.4 Å². The minimum absolute atomic E-state index is 0.334. The second kappa shape index (κ2) is 6.56. The van der Waals surface area contributed by atoms with Crippen LogP contribution in [0.3, 0.4) is 0 Å². The van der Waals surface area contributed by atoms with Crippen LogP contribution in [-0.2, 0) is 4.74 Å². The number of nitrogens with one attached hydrogen (secondary N) is 1. The van der Waals surface area contributed by atoms with Crippen LogP contribution in [0.1, 0.15) is 6.92 Å². The molecule has 1 amide bonds. The number of para-hydroxylation sites is 1. The van der Waals surface area contributed by atoms with Gasteiger partial charge >= 0.3 is 6.09 Å². The normalized spacial score (nSPS) is 9.90. The summed E-state index contributed by atoms with van der Waals surface area (Å²) in [6.07, 6.45) is 1.21. The minimum atomic E-state index is -0.496. The molecule has 5 heteroatoms. The van der Waals surface area contributed by atoms with Gasteiger partial charge in [0.1, 0.15) is 5.82 Å². The predicted octanol–water partition coefficient (Wildman–Crippen LogP) is 3.42. The number of pyridine rings is 1. The Bertz CT molecular complexity index is 555. The van der Waals surface area contributed by atoms with Crippen LogP contribution >= 0.6 is 0 Å². The molecule has 2 rings (SSSR count). The van der Waals surface area contributed by atoms with Gasteiger partial charge in [-0.1, -0.05) is 18.2 Å². The lowest BCUT2D eigenvalue weighted by Gasteiger charge is -2.19. The molecule has 0 atom stereocenters.